The van der Waals surface area contributed by atoms with Crippen molar-refractivity contribution < 1.29 is 4.79 Å². The SMILES string of the molecule is O=C(Nc1ccc(SCc2cccnc2)cc1)c1ccnc(-n2cncn2)c1. The van der Waals surface area contributed by atoms with Gasteiger partial charge in [0.2, 0.25) is 0 Å². The average Bonchev–Trinajstić information content (AvgIpc) is 3.29. The molecule has 0 saturated heterocycles. The van der Waals surface area contributed by atoms with Crippen molar-refractivity contribution in [3.63, 3.8) is 0 Å². The third kappa shape index (κ3) is 4.41. The first-order valence-corrected chi connectivity index (χ1v) is 9.51. The molecule has 0 aliphatic carbocycles. The van der Waals surface area contributed by atoms with Crippen LogP contribution >= 0.6 is 11.8 Å². The number of thioether (sulfide) groups is 1. The summed E-state index contributed by atoms with van der Waals surface area (Å²) in [7, 11) is 0. The molecule has 0 spiro atoms. The smallest absolute Gasteiger partial charge is 0.255 e. The van der Waals surface area contributed by atoms with Gasteiger partial charge in [-0.2, -0.15) is 5.10 Å². The number of nitrogens with one attached hydrogen (secondary N) is 1. The number of carbonyl (C=O) groups excluding carboxylic acids is 1. The van der Waals surface area contributed by atoms with Crippen LogP contribution in [-0.4, -0.2) is 30.6 Å². The van der Waals surface area contributed by atoms with Gasteiger partial charge in [0.1, 0.15) is 12.7 Å². The lowest BCUT2D eigenvalue weighted by atomic mass is 10.2. The maximum absolute atomic E-state index is 12.5. The standard InChI is InChI=1S/C20H16N6OS/c27-20(16-7-9-23-19(10-16)26-14-22-13-24-26)25-17-3-5-18(6-4-17)28-12-15-2-1-8-21-11-15/h1-11,13-14H,12H2,(H,25,27). The molecule has 0 aliphatic rings. The highest BCUT2D eigenvalue weighted by molar-refractivity contribution is 7.98. The molecular formula is C20H16N6OS. The predicted molar refractivity (Wildman–Crippen MR) is 107 cm³/mol. The Bertz CT molecular complexity index is 1050. The highest BCUT2D eigenvalue weighted by atomic mass is 32.2. The summed E-state index contributed by atoms with van der Waals surface area (Å²) < 4.78 is 1.51. The van der Waals surface area contributed by atoms with Gasteiger partial charge < -0.3 is 5.32 Å². The van der Waals surface area contributed by atoms with Crippen LogP contribution in [0.25, 0.3) is 5.82 Å². The fourth-order valence-electron chi connectivity index (χ4n) is 2.50. The van der Waals surface area contributed by atoms with Crippen molar-refractivity contribution in [1.29, 1.82) is 0 Å². The monoisotopic (exact) mass is 388 g/mol. The lowest BCUT2D eigenvalue weighted by Crippen LogP contribution is -2.13. The van der Waals surface area contributed by atoms with Crippen LogP contribution < -0.4 is 5.32 Å². The van der Waals surface area contributed by atoms with Crippen molar-refractivity contribution in [2.75, 3.05) is 5.32 Å². The summed E-state index contributed by atoms with van der Waals surface area (Å²) in [4.78, 5) is 25.9. The number of carbonyl (C=O) groups is 1. The third-order valence-electron chi connectivity index (χ3n) is 3.90. The van der Waals surface area contributed by atoms with E-state index in [0.717, 1.165) is 16.3 Å². The summed E-state index contributed by atoms with van der Waals surface area (Å²) in [5, 5.41) is 6.93. The molecule has 0 saturated carbocycles. The molecule has 4 aromatic rings. The van der Waals surface area contributed by atoms with Crippen LogP contribution in [0.1, 0.15) is 15.9 Å². The van der Waals surface area contributed by atoms with Gasteiger partial charge in [0.25, 0.3) is 5.91 Å². The number of amides is 1. The lowest BCUT2D eigenvalue weighted by Gasteiger charge is -2.08. The van der Waals surface area contributed by atoms with Gasteiger partial charge in [0, 0.05) is 40.5 Å². The van der Waals surface area contributed by atoms with Crippen LogP contribution in [0.15, 0.2) is 84.7 Å². The Labute approximate surface area is 165 Å². The van der Waals surface area contributed by atoms with E-state index in [0.29, 0.717) is 11.4 Å². The molecule has 4 rings (SSSR count). The van der Waals surface area contributed by atoms with Crippen molar-refractivity contribution in [1.82, 2.24) is 24.7 Å². The Balaban J connectivity index is 1.39. The van der Waals surface area contributed by atoms with Gasteiger partial charge in [-0.1, -0.05) is 6.07 Å². The van der Waals surface area contributed by atoms with E-state index in [1.165, 1.54) is 22.9 Å². The highest BCUT2D eigenvalue weighted by Crippen LogP contribution is 2.24. The second-order valence-corrected chi connectivity index (χ2v) is 6.92. The zero-order valence-electron chi connectivity index (χ0n) is 14.8. The number of benzene rings is 1. The normalized spacial score (nSPS) is 10.6. The molecular weight excluding hydrogens is 372 g/mol. The van der Waals surface area contributed by atoms with Crippen LogP contribution in [-0.2, 0) is 5.75 Å². The van der Waals surface area contributed by atoms with E-state index >= 15 is 0 Å². The molecule has 0 unspecified atom stereocenters. The number of aromatic nitrogens is 5. The van der Waals surface area contributed by atoms with Gasteiger partial charge in [-0.25, -0.2) is 14.6 Å². The molecule has 0 radical (unpaired) electrons. The number of anilines is 1. The van der Waals surface area contributed by atoms with Crippen LogP contribution in [0.2, 0.25) is 0 Å². The largest absolute Gasteiger partial charge is 0.322 e. The van der Waals surface area contributed by atoms with Crippen molar-refractivity contribution >= 4 is 23.4 Å². The van der Waals surface area contributed by atoms with Gasteiger partial charge in [0.15, 0.2) is 5.82 Å². The summed E-state index contributed by atoms with van der Waals surface area (Å²) in [6, 6.07) is 15.1. The molecule has 1 amide bonds. The molecule has 0 bridgehead atoms. The molecule has 0 fully saturated rings. The molecule has 0 atom stereocenters. The first-order chi connectivity index (χ1) is 13.8. The van der Waals surface area contributed by atoms with Crippen LogP contribution in [0, 0.1) is 0 Å². The molecule has 1 aromatic carbocycles. The summed E-state index contributed by atoms with van der Waals surface area (Å²) >= 11 is 1.72. The summed E-state index contributed by atoms with van der Waals surface area (Å²) in [5.41, 5.74) is 2.40. The topological polar surface area (TPSA) is 85.6 Å². The lowest BCUT2D eigenvalue weighted by molar-refractivity contribution is 0.102. The second kappa shape index (κ2) is 8.45. The number of pyridine rings is 2. The van der Waals surface area contributed by atoms with E-state index in [4.69, 9.17) is 0 Å². The Morgan fingerprint density at radius 3 is 2.71 bits per heavy atom. The molecule has 0 aliphatic heterocycles. The van der Waals surface area contributed by atoms with E-state index < -0.39 is 0 Å². The minimum atomic E-state index is -0.209. The van der Waals surface area contributed by atoms with E-state index in [9.17, 15) is 4.79 Å². The van der Waals surface area contributed by atoms with Gasteiger partial charge in [-0.15, -0.1) is 11.8 Å². The second-order valence-electron chi connectivity index (χ2n) is 5.87. The van der Waals surface area contributed by atoms with E-state index in [1.807, 2.05) is 36.5 Å². The maximum Gasteiger partial charge on any atom is 0.255 e. The summed E-state index contributed by atoms with van der Waals surface area (Å²) in [6.07, 6.45) is 8.16. The molecule has 1 N–H and O–H groups in total. The molecule has 7 nitrogen and oxygen atoms in total. The Hall–Kier alpha value is -3.52. The number of hydrogen-bond acceptors (Lipinski definition) is 6. The fraction of sp³-hybridized carbons (Fsp3) is 0.0500. The first-order valence-electron chi connectivity index (χ1n) is 8.52. The van der Waals surface area contributed by atoms with Crippen LogP contribution in [0.3, 0.4) is 0 Å². The van der Waals surface area contributed by atoms with E-state index in [2.05, 4.69) is 31.4 Å². The van der Waals surface area contributed by atoms with E-state index in [-0.39, 0.29) is 5.91 Å². The van der Waals surface area contributed by atoms with Crippen molar-refractivity contribution in [2.45, 2.75) is 10.6 Å². The Morgan fingerprint density at radius 1 is 1.07 bits per heavy atom. The van der Waals surface area contributed by atoms with Gasteiger partial charge in [0.05, 0.1) is 0 Å². The molecule has 3 heterocycles. The Kier molecular flexibility index (Phi) is 5.39. The first kappa shape index (κ1) is 17.9. The molecule has 28 heavy (non-hydrogen) atoms. The number of nitrogens with zero attached hydrogens (tertiary/aromatic N) is 5. The van der Waals surface area contributed by atoms with Crippen molar-refractivity contribution in [3.8, 4) is 5.82 Å². The van der Waals surface area contributed by atoms with E-state index in [1.54, 1.807) is 36.3 Å². The average molecular weight is 388 g/mol. The zero-order valence-corrected chi connectivity index (χ0v) is 15.6. The van der Waals surface area contributed by atoms with Gasteiger partial charge >= 0.3 is 0 Å². The van der Waals surface area contributed by atoms with Crippen molar-refractivity contribution in [3.05, 3.63) is 90.9 Å². The predicted octanol–water partition coefficient (Wildman–Crippen LogP) is 3.60. The van der Waals surface area contributed by atoms with Crippen LogP contribution in [0.5, 0.6) is 0 Å². The minimum Gasteiger partial charge on any atom is -0.322 e. The van der Waals surface area contributed by atoms with Gasteiger partial charge in [-0.3, -0.25) is 9.78 Å². The fourth-order valence-corrected chi connectivity index (χ4v) is 3.33. The molecule has 8 heteroatoms. The van der Waals surface area contributed by atoms with Crippen molar-refractivity contribution in [2.24, 2.45) is 0 Å². The Morgan fingerprint density at radius 2 is 1.96 bits per heavy atom. The molecule has 138 valence electrons. The maximum atomic E-state index is 12.5. The molecule has 3 aromatic heterocycles. The third-order valence-corrected chi connectivity index (χ3v) is 4.98. The zero-order chi connectivity index (χ0) is 19.2. The minimum absolute atomic E-state index is 0.209. The number of hydrogen-bond donors (Lipinski definition) is 1. The summed E-state index contributed by atoms with van der Waals surface area (Å²) in [6.45, 7) is 0. The number of rotatable bonds is 6. The quantitative estimate of drug-likeness (QED) is 0.508. The highest BCUT2D eigenvalue weighted by Gasteiger charge is 2.09. The van der Waals surface area contributed by atoms with Crippen LogP contribution in [0.4, 0.5) is 5.69 Å². The summed E-state index contributed by atoms with van der Waals surface area (Å²) in [5.74, 6) is 1.17. The van der Waals surface area contributed by atoms with Gasteiger partial charge in [-0.05, 0) is 48.0 Å².